The van der Waals surface area contributed by atoms with Gasteiger partial charge in [-0.3, -0.25) is 4.79 Å². The Morgan fingerprint density at radius 3 is 3.10 bits per heavy atom. The monoisotopic (exact) mass is 293 g/mol. The SMILES string of the molecule is O=C1CSc2ccc(CN[C@@H]3CCCC[C@@H]3O)nc2N1. The molecule has 1 aliphatic heterocycles. The van der Waals surface area contributed by atoms with E-state index < -0.39 is 0 Å². The molecule has 0 unspecified atom stereocenters. The number of nitrogens with zero attached hydrogens (tertiary/aromatic N) is 1. The van der Waals surface area contributed by atoms with Crippen LogP contribution in [0.15, 0.2) is 17.0 Å². The fourth-order valence-electron chi connectivity index (χ4n) is 2.69. The average molecular weight is 293 g/mol. The maximum Gasteiger partial charge on any atom is 0.235 e. The maximum absolute atomic E-state index is 11.4. The predicted octanol–water partition coefficient (Wildman–Crippen LogP) is 1.52. The minimum Gasteiger partial charge on any atom is -0.392 e. The summed E-state index contributed by atoms with van der Waals surface area (Å²) >= 11 is 1.52. The molecular formula is C14H19N3O2S. The van der Waals surface area contributed by atoms with Crippen molar-refractivity contribution in [1.82, 2.24) is 10.3 Å². The lowest BCUT2D eigenvalue weighted by atomic mass is 9.92. The lowest BCUT2D eigenvalue weighted by Crippen LogP contribution is -2.41. The number of rotatable bonds is 3. The highest BCUT2D eigenvalue weighted by Gasteiger charge is 2.22. The van der Waals surface area contributed by atoms with Crippen LogP contribution in [0, 0.1) is 0 Å². The largest absolute Gasteiger partial charge is 0.392 e. The third-order valence-electron chi connectivity index (χ3n) is 3.81. The van der Waals surface area contributed by atoms with E-state index in [4.69, 9.17) is 0 Å². The number of carbonyl (C=O) groups is 1. The number of fused-ring (bicyclic) bond motifs is 1. The quantitative estimate of drug-likeness (QED) is 0.788. The van der Waals surface area contributed by atoms with Crippen molar-refractivity contribution < 1.29 is 9.90 Å². The predicted molar refractivity (Wildman–Crippen MR) is 78.7 cm³/mol. The zero-order chi connectivity index (χ0) is 13.9. The Morgan fingerprint density at radius 1 is 1.40 bits per heavy atom. The fraction of sp³-hybridized carbons (Fsp3) is 0.571. The molecule has 0 aromatic carbocycles. The summed E-state index contributed by atoms with van der Waals surface area (Å²) in [4.78, 5) is 16.9. The minimum atomic E-state index is -0.253. The number of nitrogens with one attached hydrogen (secondary N) is 2. The first-order valence-corrected chi connectivity index (χ1v) is 8.05. The molecule has 20 heavy (non-hydrogen) atoms. The number of aliphatic hydroxyl groups excluding tert-OH is 1. The fourth-order valence-corrected chi connectivity index (χ4v) is 3.44. The highest BCUT2D eigenvalue weighted by atomic mass is 32.2. The van der Waals surface area contributed by atoms with Gasteiger partial charge in [-0.05, 0) is 25.0 Å². The van der Waals surface area contributed by atoms with Gasteiger partial charge in [0, 0.05) is 12.6 Å². The van der Waals surface area contributed by atoms with Gasteiger partial charge in [0.05, 0.1) is 22.4 Å². The Morgan fingerprint density at radius 2 is 2.25 bits per heavy atom. The van der Waals surface area contributed by atoms with E-state index in [1.165, 1.54) is 18.2 Å². The molecule has 1 amide bonds. The van der Waals surface area contributed by atoms with Crippen LogP contribution >= 0.6 is 11.8 Å². The first-order chi connectivity index (χ1) is 9.72. The number of thioether (sulfide) groups is 1. The third-order valence-corrected chi connectivity index (χ3v) is 4.85. The Labute approximate surface area is 122 Å². The van der Waals surface area contributed by atoms with E-state index in [0.717, 1.165) is 29.9 Å². The maximum atomic E-state index is 11.4. The Hall–Kier alpha value is -1.11. The third kappa shape index (κ3) is 3.13. The van der Waals surface area contributed by atoms with E-state index >= 15 is 0 Å². The molecule has 6 heteroatoms. The van der Waals surface area contributed by atoms with Crippen molar-refractivity contribution >= 4 is 23.5 Å². The molecule has 2 atom stereocenters. The number of aliphatic hydroxyl groups is 1. The summed E-state index contributed by atoms with van der Waals surface area (Å²) in [7, 11) is 0. The van der Waals surface area contributed by atoms with Crippen LogP contribution in [-0.2, 0) is 11.3 Å². The molecule has 5 nitrogen and oxygen atoms in total. The van der Waals surface area contributed by atoms with Crippen molar-refractivity contribution in [3.63, 3.8) is 0 Å². The van der Waals surface area contributed by atoms with Gasteiger partial charge in [-0.2, -0.15) is 0 Å². The molecule has 0 spiro atoms. The number of pyridine rings is 1. The number of aromatic nitrogens is 1. The molecule has 1 fully saturated rings. The van der Waals surface area contributed by atoms with Gasteiger partial charge < -0.3 is 15.7 Å². The molecule has 0 saturated heterocycles. The second kappa shape index (κ2) is 6.11. The van der Waals surface area contributed by atoms with Crippen LogP contribution in [0.2, 0.25) is 0 Å². The van der Waals surface area contributed by atoms with Crippen molar-refractivity contribution in [3.8, 4) is 0 Å². The van der Waals surface area contributed by atoms with Crippen LogP contribution in [0.1, 0.15) is 31.4 Å². The molecule has 2 heterocycles. The lowest BCUT2D eigenvalue weighted by molar-refractivity contribution is -0.113. The highest BCUT2D eigenvalue weighted by Crippen LogP contribution is 2.29. The van der Waals surface area contributed by atoms with E-state index in [1.807, 2.05) is 12.1 Å². The first kappa shape index (κ1) is 13.9. The Kier molecular flexibility index (Phi) is 4.24. The van der Waals surface area contributed by atoms with Crippen LogP contribution in [0.3, 0.4) is 0 Å². The van der Waals surface area contributed by atoms with E-state index in [-0.39, 0.29) is 18.1 Å². The molecule has 108 valence electrons. The molecule has 1 aromatic heterocycles. The van der Waals surface area contributed by atoms with Gasteiger partial charge in [-0.25, -0.2) is 4.98 Å². The first-order valence-electron chi connectivity index (χ1n) is 7.06. The summed E-state index contributed by atoms with van der Waals surface area (Å²) < 4.78 is 0. The van der Waals surface area contributed by atoms with E-state index in [0.29, 0.717) is 18.1 Å². The molecule has 0 radical (unpaired) electrons. The normalized spacial score (nSPS) is 25.9. The van der Waals surface area contributed by atoms with E-state index in [1.54, 1.807) is 0 Å². The molecule has 3 N–H and O–H groups in total. The van der Waals surface area contributed by atoms with Crippen LogP contribution < -0.4 is 10.6 Å². The molecule has 2 aliphatic rings. The van der Waals surface area contributed by atoms with Gasteiger partial charge in [0.15, 0.2) is 0 Å². The zero-order valence-electron chi connectivity index (χ0n) is 11.3. The zero-order valence-corrected chi connectivity index (χ0v) is 12.1. The summed E-state index contributed by atoms with van der Waals surface area (Å²) in [6.07, 6.45) is 3.91. The minimum absolute atomic E-state index is 0.00260. The summed E-state index contributed by atoms with van der Waals surface area (Å²) in [5.74, 6) is 1.12. The molecule has 1 saturated carbocycles. The van der Waals surface area contributed by atoms with Crippen molar-refractivity contribution in [1.29, 1.82) is 0 Å². The van der Waals surface area contributed by atoms with Crippen molar-refractivity contribution in [2.24, 2.45) is 0 Å². The van der Waals surface area contributed by atoms with Crippen molar-refractivity contribution in [2.45, 2.75) is 49.3 Å². The second-order valence-electron chi connectivity index (χ2n) is 5.33. The summed E-state index contributed by atoms with van der Waals surface area (Å²) in [5.41, 5.74) is 0.893. The number of carbonyl (C=O) groups excluding carboxylic acids is 1. The van der Waals surface area contributed by atoms with E-state index in [2.05, 4.69) is 15.6 Å². The van der Waals surface area contributed by atoms with Crippen LogP contribution in [-0.4, -0.2) is 33.9 Å². The van der Waals surface area contributed by atoms with Gasteiger partial charge in [0.1, 0.15) is 5.82 Å². The number of hydrogen-bond donors (Lipinski definition) is 3. The number of anilines is 1. The van der Waals surface area contributed by atoms with Gasteiger partial charge in [-0.15, -0.1) is 11.8 Å². The Bertz CT molecular complexity index is 509. The molecule has 3 rings (SSSR count). The van der Waals surface area contributed by atoms with E-state index in [9.17, 15) is 9.90 Å². The topological polar surface area (TPSA) is 74.2 Å². The lowest BCUT2D eigenvalue weighted by Gasteiger charge is -2.28. The second-order valence-corrected chi connectivity index (χ2v) is 6.34. The van der Waals surface area contributed by atoms with Gasteiger partial charge >= 0.3 is 0 Å². The van der Waals surface area contributed by atoms with Crippen molar-refractivity contribution in [2.75, 3.05) is 11.1 Å². The molecule has 1 aliphatic carbocycles. The van der Waals surface area contributed by atoms with Crippen LogP contribution in [0.25, 0.3) is 0 Å². The molecular weight excluding hydrogens is 274 g/mol. The van der Waals surface area contributed by atoms with Gasteiger partial charge in [0.2, 0.25) is 5.91 Å². The Balaban J connectivity index is 1.63. The van der Waals surface area contributed by atoms with Crippen LogP contribution in [0.4, 0.5) is 5.82 Å². The van der Waals surface area contributed by atoms with Gasteiger partial charge in [-0.1, -0.05) is 12.8 Å². The highest BCUT2D eigenvalue weighted by molar-refractivity contribution is 8.00. The van der Waals surface area contributed by atoms with Gasteiger partial charge in [0.25, 0.3) is 0 Å². The smallest absolute Gasteiger partial charge is 0.235 e. The molecule has 1 aromatic rings. The van der Waals surface area contributed by atoms with Crippen LogP contribution in [0.5, 0.6) is 0 Å². The number of amides is 1. The van der Waals surface area contributed by atoms with Crippen molar-refractivity contribution in [3.05, 3.63) is 17.8 Å². The number of hydrogen-bond acceptors (Lipinski definition) is 5. The summed E-state index contributed by atoms with van der Waals surface area (Å²) in [5, 5.41) is 16.1. The average Bonchev–Trinajstić information content (AvgIpc) is 2.46. The summed E-state index contributed by atoms with van der Waals surface area (Å²) in [6.45, 7) is 0.621. The summed E-state index contributed by atoms with van der Waals surface area (Å²) in [6, 6.07) is 4.14. The molecule has 0 bridgehead atoms. The standard InChI is InChI=1S/C14H19N3O2S/c18-11-4-2-1-3-10(11)15-7-9-5-6-12-14(16-9)17-13(19)8-20-12/h5-6,10-11,15,18H,1-4,7-8H2,(H,16,17,19)/t10-,11+/m1/s1.